The largest absolute Gasteiger partial charge is 0.494 e. The molecule has 0 spiro atoms. The van der Waals surface area contributed by atoms with Gasteiger partial charge in [-0.1, -0.05) is 30.3 Å². The van der Waals surface area contributed by atoms with Gasteiger partial charge in [-0.3, -0.25) is 9.69 Å². The third-order valence-corrected chi connectivity index (χ3v) is 5.81. The minimum Gasteiger partial charge on any atom is -0.494 e. The van der Waals surface area contributed by atoms with Crippen LogP contribution in [0.25, 0.3) is 0 Å². The molecule has 2 heterocycles. The van der Waals surface area contributed by atoms with Gasteiger partial charge in [0.1, 0.15) is 5.75 Å². The molecule has 0 atom stereocenters. The van der Waals surface area contributed by atoms with E-state index in [-0.39, 0.29) is 5.91 Å². The van der Waals surface area contributed by atoms with E-state index in [1.807, 2.05) is 25.1 Å². The molecule has 2 aromatic rings. The molecule has 0 unspecified atom stereocenters. The summed E-state index contributed by atoms with van der Waals surface area (Å²) in [6.07, 6.45) is 2.09. The van der Waals surface area contributed by atoms with Crippen molar-refractivity contribution >= 4 is 5.91 Å². The van der Waals surface area contributed by atoms with Gasteiger partial charge in [-0.2, -0.15) is 0 Å². The summed E-state index contributed by atoms with van der Waals surface area (Å²) >= 11 is 0. The topological polar surface area (TPSA) is 32.8 Å². The molecule has 2 aliphatic heterocycles. The molecule has 2 aliphatic rings. The Labute approximate surface area is 161 Å². The zero-order valence-electron chi connectivity index (χ0n) is 16.3. The van der Waals surface area contributed by atoms with E-state index >= 15 is 0 Å². The summed E-state index contributed by atoms with van der Waals surface area (Å²) in [4.78, 5) is 17.3. The minimum absolute atomic E-state index is 0.212. The minimum atomic E-state index is 0.212. The van der Waals surface area contributed by atoms with Crippen LogP contribution in [0.5, 0.6) is 5.75 Å². The second-order valence-electron chi connectivity index (χ2n) is 7.63. The van der Waals surface area contributed by atoms with Crippen molar-refractivity contribution in [3.63, 3.8) is 0 Å². The van der Waals surface area contributed by atoms with Gasteiger partial charge in [0.05, 0.1) is 6.61 Å². The van der Waals surface area contributed by atoms with E-state index in [0.717, 1.165) is 50.3 Å². The monoisotopic (exact) mass is 364 g/mol. The highest BCUT2D eigenvalue weighted by Crippen LogP contribution is 2.29. The molecule has 4 nitrogen and oxygen atoms in total. The maximum absolute atomic E-state index is 12.7. The van der Waals surface area contributed by atoms with Crippen LogP contribution in [0.1, 0.15) is 46.8 Å². The molecular weight excluding hydrogens is 336 g/mol. The molecular formula is C23H28N2O2. The van der Waals surface area contributed by atoms with Crippen LogP contribution in [-0.4, -0.2) is 41.4 Å². The number of carbonyl (C=O) groups excluding carboxylic acids is 1. The Kier molecular flexibility index (Phi) is 5.17. The number of hydrogen-bond acceptors (Lipinski definition) is 3. The Morgan fingerprint density at radius 2 is 1.89 bits per heavy atom. The fourth-order valence-corrected chi connectivity index (χ4v) is 4.27. The molecule has 0 aromatic heterocycles. The maximum Gasteiger partial charge on any atom is 0.254 e. The predicted molar refractivity (Wildman–Crippen MR) is 107 cm³/mol. The molecule has 1 fully saturated rings. The summed E-state index contributed by atoms with van der Waals surface area (Å²) in [5.74, 6) is 1.20. The van der Waals surface area contributed by atoms with Gasteiger partial charge < -0.3 is 9.64 Å². The number of amides is 1. The highest BCUT2D eigenvalue weighted by Gasteiger charge is 2.34. The summed E-state index contributed by atoms with van der Waals surface area (Å²) in [5, 5.41) is 0. The number of benzene rings is 2. The van der Waals surface area contributed by atoms with E-state index in [1.165, 1.54) is 16.7 Å². The predicted octanol–water partition coefficient (Wildman–Crippen LogP) is 4.01. The molecule has 4 heteroatoms. The van der Waals surface area contributed by atoms with Crippen molar-refractivity contribution in [2.75, 3.05) is 19.7 Å². The highest BCUT2D eigenvalue weighted by molar-refractivity contribution is 5.98. The Bertz CT molecular complexity index is 825. The van der Waals surface area contributed by atoms with Gasteiger partial charge in [-0.05, 0) is 55.5 Å². The van der Waals surface area contributed by atoms with Gasteiger partial charge in [-0.15, -0.1) is 0 Å². The first-order chi connectivity index (χ1) is 13.2. The van der Waals surface area contributed by atoms with Crippen LogP contribution >= 0.6 is 0 Å². The Hall–Kier alpha value is -2.33. The number of aryl methyl sites for hydroxylation is 1. The van der Waals surface area contributed by atoms with E-state index < -0.39 is 0 Å². The van der Waals surface area contributed by atoms with Crippen LogP contribution in [0.15, 0.2) is 42.5 Å². The molecule has 142 valence electrons. The lowest BCUT2D eigenvalue weighted by molar-refractivity contribution is 0.0590. The lowest BCUT2D eigenvalue weighted by Gasteiger charge is -2.36. The van der Waals surface area contributed by atoms with Crippen molar-refractivity contribution in [3.8, 4) is 5.75 Å². The molecule has 1 amide bonds. The average Bonchev–Trinajstić information content (AvgIpc) is 3.02. The van der Waals surface area contributed by atoms with Crippen LogP contribution in [-0.2, 0) is 13.1 Å². The number of fused-ring (bicyclic) bond motifs is 1. The summed E-state index contributed by atoms with van der Waals surface area (Å²) in [7, 11) is 0. The second-order valence-corrected chi connectivity index (χ2v) is 7.63. The van der Waals surface area contributed by atoms with Gasteiger partial charge in [0, 0.05) is 37.8 Å². The van der Waals surface area contributed by atoms with E-state index in [2.05, 4.69) is 41.0 Å². The lowest BCUT2D eigenvalue weighted by atomic mass is 10.0. The summed E-state index contributed by atoms with van der Waals surface area (Å²) in [5.41, 5.74) is 4.55. The Balaban J connectivity index is 1.35. The molecule has 0 aliphatic carbocycles. The maximum atomic E-state index is 12.7. The molecule has 0 saturated carbocycles. The van der Waals surface area contributed by atoms with E-state index in [9.17, 15) is 4.79 Å². The number of carbonyl (C=O) groups is 1. The molecule has 27 heavy (non-hydrogen) atoms. The van der Waals surface area contributed by atoms with Crippen molar-refractivity contribution in [2.24, 2.45) is 0 Å². The third kappa shape index (κ3) is 3.72. The molecule has 0 radical (unpaired) electrons. The van der Waals surface area contributed by atoms with E-state index in [1.54, 1.807) is 0 Å². The first-order valence-corrected chi connectivity index (χ1v) is 9.99. The van der Waals surface area contributed by atoms with E-state index in [4.69, 9.17) is 4.74 Å². The van der Waals surface area contributed by atoms with Gasteiger partial charge >= 0.3 is 0 Å². The fraction of sp³-hybridized carbons (Fsp3) is 0.435. The van der Waals surface area contributed by atoms with Crippen molar-refractivity contribution < 1.29 is 9.53 Å². The first-order valence-electron chi connectivity index (χ1n) is 9.99. The van der Waals surface area contributed by atoms with Gasteiger partial charge in [0.25, 0.3) is 5.91 Å². The normalized spacial score (nSPS) is 18.0. The van der Waals surface area contributed by atoms with Crippen LogP contribution in [0, 0.1) is 6.92 Å². The lowest BCUT2D eigenvalue weighted by Crippen LogP contribution is -2.44. The summed E-state index contributed by atoms with van der Waals surface area (Å²) < 4.78 is 5.73. The molecule has 2 aromatic carbocycles. The van der Waals surface area contributed by atoms with Crippen molar-refractivity contribution in [2.45, 2.75) is 45.8 Å². The smallest absolute Gasteiger partial charge is 0.254 e. The van der Waals surface area contributed by atoms with Crippen LogP contribution < -0.4 is 4.74 Å². The Morgan fingerprint density at radius 1 is 1.11 bits per heavy atom. The fourth-order valence-electron chi connectivity index (χ4n) is 4.27. The second kappa shape index (κ2) is 7.73. The third-order valence-electron chi connectivity index (χ3n) is 5.81. The number of ether oxygens (including phenoxy) is 1. The van der Waals surface area contributed by atoms with Gasteiger partial charge in [-0.25, -0.2) is 0 Å². The quantitative estimate of drug-likeness (QED) is 0.803. The zero-order valence-corrected chi connectivity index (χ0v) is 16.3. The number of nitrogens with zero attached hydrogens (tertiary/aromatic N) is 2. The number of likely N-dealkylation sites (tertiary alicyclic amines) is 1. The highest BCUT2D eigenvalue weighted by atomic mass is 16.5. The average molecular weight is 364 g/mol. The molecule has 1 saturated heterocycles. The number of piperidine rings is 1. The standard InChI is InChI=1S/C23H28N2O2/c1-3-27-22-14-18(9-8-17(22)2)15-24-12-10-20(11-13-24)25-16-19-6-4-5-7-21(19)23(25)26/h4-9,14,20H,3,10-13,15-16H2,1-2H3. The Morgan fingerprint density at radius 3 is 2.63 bits per heavy atom. The van der Waals surface area contributed by atoms with Crippen molar-refractivity contribution in [1.82, 2.24) is 9.80 Å². The molecule has 0 bridgehead atoms. The van der Waals surface area contributed by atoms with Crippen LogP contribution in [0.4, 0.5) is 0 Å². The first kappa shape index (κ1) is 18.1. The summed E-state index contributed by atoms with van der Waals surface area (Å²) in [6, 6.07) is 14.9. The van der Waals surface area contributed by atoms with Crippen molar-refractivity contribution in [1.29, 1.82) is 0 Å². The van der Waals surface area contributed by atoms with E-state index in [0.29, 0.717) is 12.6 Å². The summed E-state index contributed by atoms with van der Waals surface area (Å²) in [6.45, 7) is 8.59. The molecule has 0 N–H and O–H groups in total. The van der Waals surface area contributed by atoms with Gasteiger partial charge in [0.15, 0.2) is 0 Å². The number of hydrogen-bond donors (Lipinski definition) is 0. The van der Waals surface area contributed by atoms with Crippen LogP contribution in [0.2, 0.25) is 0 Å². The SMILES string of the molecule is CCOc1cc(CN2CCC(N3Cc4ccccc4C3=O)CC2)ccc1C. The van der Waals surface area contributed by atoms with Gasteiger partial charge in [0.2, 0.25) is 0 Å². The number of rotatable bonds is 5. The molecule has 4 rings (SSSR count). The van der Waals surface area contributed by atoms with Crippen LogP contribution in [0.3, 0.4) is 0 Å². The van der Waals surface area contributed by atoms with Crippen molar-refractivity contribution in [3.05, 3.63) is 64.7 Å². The zero-order chi connectivity index (χ0) is 18.8.